The zero-order valence-electron chi connectivity index (χ0n) is 13.3. The van der Waals surface area contributed by atoms with Crippen LogP contribution in [0, 0.1) is 0 Å². The number of carboxylic acid groups (broad SMARTS) is 1. The second-order valence-corrected chi connectivity index (χ2v) is 5.96. The molecule has 0 saturated carbocycles. The highest BCUT2D eigenvalue weighted by atomic mass is 32.1. The van der Waals surface area contributed by atoms with Gasteiger partial charge in [0.1, 0.15) is 5.75 Å². The molecule has 0 spiro atoms. The quantitative estimate of drug-likeness (QED) is 0.726. The van der Waals surface area contributed by atoms with Gasteiger partial charge in [-0.3, -0.25) is 4.79 Å². The third-order valence-electron chi connectivity index (χ3n) is 3.24. The van der Waals surface area contributed by atoms with Crippen LogP contribution in [0.5, 0.6) is 5.75 Å². The number of rotatable bonds is 9. The predicted molar refractivity (Wildman–Crippen MR) is 90.6 cm³/mol. The lowest BCUT2D eigenvalue weighted by atomic mass is 10.1. The van der Waals surface area contributed by atoms with Crippen LogP contribution in [-0.2, 0) is 22.6 Å². The third kappa shape index (κ3) is 5.36. The number of aliphatic carboxylic acids is 1. The Morgan fingerprint density at radius 2 is 1.96 bits per heavy atom. The monoisotopic (exact) mass is 349 g/mol. The number of thiophene rings is 1. The molecule has 2 N–H and O–H groups in total. The molecule has 7 heteroatoms. The molecule has 0 unspecified atom stereocenters. The number of benzene rings is 1. The zero-order valence-corrected chi connectivity index (χ0v) is 14.1. The summed E-state index contributed by atoms with van der Waals surface area (Å²) in [5, 5.41) is 13.3. The minimum Gasteiger partial charge on any atom is -0.482 e. The average Bonchev–Trinajstić information content (AvgIpc) is 3.03. The van der Waals surface area contributed by atoms with Crippen molar-refractivity contribution < 1.29 is 24.2 Å². The van der Waals surface area contributed by atoms with Crippen molar-refractivity contribution in [1.82, 2.24) is 5.32 Å². The number of methoxy groups -OCH3 is 1. The highest BCUT2D eigenvalue weighted by molar-refractivity contribution is 7.12. The molecule has 2 aromatic rings. The smallest absolute Gasteiger partial charge is 0.341 e. The van der Waals surface area contributed by atoms with Gasteiger partial charge >= 0.3 is 5.97 Å². The highest BCUT2D eigenvalue weighted by Gasteiger charge is 2.12. The van der Waals surface area contributed by atoms with E-state index in [9.17, 15) is 9.59 Å². The Labute approximate surface area is 144 Å². The molecule has 0 fully saturated rings. The number of carbonyl (C=O) groups is 2. The summed E-state index contributed by atoms with van der Waals surface area (Å²) >= 11 is 1.40. The van der Waals surface area contributed by atoms with Crippen molar-refractivity contribution in [2.24, 2.45) is 0 Å². The summed E-state index contributed by atoms with van der Waals surface area (Å²) < 4.78 is 10.1. The molecule has 0 bridgehead atoms. The van der Waals surface area contributed by atoms with Gasteiger partial charge in [-0.15, -0.1) is 11.3 Å². The first-order valence-electron chi connectivity index (χ1n) is 7.37. The van der Waals surface area contributed by atoms with Gasteiger partial charge in [-0.05, 0) is 35.6 Å². The standard InChI is InChI=1S/C17H19NO5S/c1-22-10-13-7-9-24-16(13)17(21)18-8-6-12-2-4-14(5-3-12)23-11-15(19)20/h2-5,7,9H,6,8,10-11H2,1H3,(H,18,21)(H,19,20). The summed E-state index contributed by atoms with van der Waals surface area (Å²) in [6, 6.07) is 9.03. The van der Waals surface area contributed by atoms with Crippen molar-refractivity contribution in [3.63, 3.8) is 0 Å². The van der Waals surface area contributed by atoms with E-state index in [1.54, 1.807) is 19.2 Å². The van der Waals surface area contributed by atoms with E-state index in [1.807, 2.05) is 23.6 Å². The summed E-state index contributed by atoms with van der Waals surface area (Å²) in [5.41, 5.74) is 1.92. The van der Waals surface area contributed by atoms with E-state index in [-0.39, 0.29) is 12.5 Å². The second-order valence-electron chi connectivity index (χ2n) is 5.04. The largest absolute Gasteiger partial charge is 0.482 e. The summed E-state index contributed by atoms with van der Waals surface area (Å²) in [6.07, 6.45) is 0.677. The molecule has 1 heterocycles. The molecule has 128 valence electrons. The first kappa shape index (κ1) is 18.0. The molecule has 1 aromatic carbocycles. The molecule has 0 aliphatic heterocycles. The maximum absolute atomic E-state index is 12.2. The molecule has 24 heavy (non-hydrogen) atoms. The van der Waals surface area contributed by atoms with Crippen LogP contribution < -0.4 is 10.1 Å². The average molecular weight is 349 g/mol. The molecule has 0 atom stereocenters. The molecule has 0 aliphatic rings. The summed E-state index contributed by atoms with van der Waals surface area (Å²) in [6.45, 7) is 0.572. The number of carbonyl (C=O) groups excluding carboxylic acids is 1. The number of hydrogen-bond donors (Lipinski definition) is 2. The Balaban J connectivity index is 1.80. The molecule has 1 amide bonds. The Bertz CT molecular complexity index is 681. The van der Waals surface area contributed by atoms with Crippen molar-refractivity contribution >= 4 is 23.2 Å². The number of amides is 1. The van der Waals surface area contributed by atoms with E-state index >= 15 is 0 Å². The molecule has 1 aromatic heterocycles. The van der Waals surface area contributed by atoms with Crippen LogP contribution in [0.1, 0.15) is 20.8 Å². The number of hydrogen-bond acceptors (Lipinski definition) is 5. The summed E-state index contributed by atoms with van der Waals surface area (Å²) in [5.74, 6) is -0.602. The lowest BCUT2D eigenvalue weighted by Crippen LogP contribution is -2.25. The molecule has 0 aliphatic carbocycles. The minimum absolute atomic E-state index is 0.0986. The normalized spacial score (nSPS) is 10.4. The Morgan fingerprint density at radius 3 is 2.62 bits per heavy atom. The molecular weight excluding hydrogens is 330 g/mol. The van der Waals surface area contributed by atoms with E-state index in [0.717, 1.165) is 11.1 Å². The van der Waals surface area contributed by atoms with E-state index < -0.39 is 5.97 Å². The van der Waals surface area contributed by atoms with Crippen molar-refractivity contribution in [1.29, 1.82) is 0 Å². The fraction of sp³-hybridized carbons (Fsp3) is 0.294. The lowest BCUT2D eigenvalue weighted by Gasteiger charge is -2.07. The van der Waals surface area contributed by atoms with Gasteiger partial charge in [0.05, 0.1) is 11.5 Å². The van der Waals surface area contributed by atoms with Crippen LogP contribution in [0.3, 0.4) is 0 Å². The van der Waals surface area contributed by atoms with Crippen molar-refractivity contribution in [3.05, 3.63) is 51.7 Å². The molecule has 2 rings (SSSR count). The van der Waals surface area contributed by atoms with Crippen molar-refractivity contribution in [2.75, 3.05) is 20.3 Å². The van der Waals surface area contributed by atoms with Gasteiger partial charge in [0.2, 0.25) is 0 Å². The Kier molecular flexibility index (Phi) is 6.77. The van der Waals surface area contributed by atoms with E-state index in [4.69, 9.17) is 14.6 Å². The SMILES string of the molecule is COCc1ccsc1C(=O)NCCc1ccc(OCC(=O)O)cc1. The minimum atomic E-state index is -1.01. The van der Waals surface area contributed by atoms with Gasteiger partial charge in [0, 0.05) is 19.2 Å². The van der Waals surface area contributed by atoms with Gasteiger partial charge in [-0.25, -0.2) is 4.79 Å². The van der Waals surface area contributed by atoms with Gasteiger partial charge in [-0.1, -0.05) is 12.1 Å². The summed E-state index contributed by atoms with van der Waals surface area (Å²) in [4.78, 5) is 23.3. The van der Waals surface area contributed by atoms with Gasteiger partial charge < -0.3 is 19.9 Å². The number of ether oxygens (including phenoxy) is 2. The van der Waals surface area contributed by atoms with Crippen LogP contribution in [-0.4, -0.2) is 37.2 Å². The second kappa shape index (κ2) is 9.05. The van der Waals surface area contributed by atoms with E-state index in [2.05, 4.69) is 5.32 Å². The van der Waals surface area contributed by atoms with Crippen LogP contribution in [0.15, 0.2) is 35.7 Å². The topological polar surface area (TPSA) is 84.9 Å². The maximum atomic E-state index is 12.2. The van der Waals surface area contributed by atoms with Crippen LogP contribution in [0.25, 0.3) is 0 Å². The van der Waals surface area contributed by atoms with Crippen LogP contribution in [0.2, 0.25) is 0 Å². The first-order chi connectivity index (χ1) is 11.6. The Hall–Kier alpha value is -2.38. The Morgan fingerprint density at radius 1 is 1.21 bits per heavy atom. The number of carboxylic acids is 1. The number of nitrogens with one attached hydrogen (secondary N) is 1. The molecule has 6 nitrogen and oxygen atoms in total. The van der Waals surface area contributed by atoms with E-state index in [1.165, 1.54) is 11.3 Å². The van der Waals surface area contributed by atoms with Gasteiger partial charge in [0.15, 0.2) is 6.61 Å². The zero-order chi connectivity index (χ0) is 17.4. The predicted octanol–water partition coefficient (Wildman–Crippen LogP) is 2.33. The van der Waals surface area contributed by atoms with Gasteiger partial charge in [-0.2, -0.15) is 0 Å². The first-order valence-corrected chi connectivity index (χ1v) is 8.25. The fourth-order valence-electron chi connectivity index (χ4n) is 2.10. The lowest BCUT2D eigenvalue weighted by molar-refractivity contribution is -0.139. The van der Waals surface area contributed by atoms with Crippen LogP contribution >= 0.6 is 11.3 Å². The van der Waals surface area contributed by atoms with Crippen LogP contribution in [0.4, 0.5) is 0 Å². The molecular formula is C17H19NO5S. The molecule has 0 radical (unpaired) electrons. The summed E-state index contributed by atoms with van der Waals surface area (Å²) in [7, 11) is 1.60. The van der Waals surface area contributed by atoms with Gasteiger partial charge in [0.25, 0.3) is 5.91 Å². The highest BCUT2D eigenvalue weighted by Crippen LogP contribution is 2.17. The molecule has 0 saturated heterocycles. The third-order valence-corrected chi connectivity index (χ3v) is 4.19. The van der Waals surface area contributed by atoms with E-state index in [0.29, 0.717) is 30.2 Å². The van der Waals surface area contributed by atoms with Crippen molar-refractivity contribution in [3.8, 4) is 5.75 Å². The van der Waals surface area contributed by atoms with Crippen molar-refractivity contribution in [2.45, 2.75) is 13.0 Å². The maximum Gasteiger partial charge on any atom is 0.341 e. The fourth-order valence-corrected chi connectivity index (χ4v) is 2.93.